The van der Waals surface area contributed by atoms with E-state index in [0.717, 1.165) is 24.5 Å². The van der Waals surface area contributed by atoms with Gasteiger partial charge in [0.25, 0.3) is 0 Å². The molecule has 1 aliphatic rings. The quantitative estimate of drug-likeness (QED) is 0.842. The first-order chi connectivity index (χ1) is 8.15. The Balaban J connectivity index is 2.13. The molecule has 2 heterocycles. The van der Waals surface area contributed by atoms with Crippen molar-refractivity contribution in [1.82, 2.24) is 9.88 Å². The Morgan fingerprint density at radius 3 is 3.00 bits per heavy atom. The van der Waals surface area contributed by atoms with E-state index in [1.807, 2.05) is 25.1 Å². The van der Waals surface area contributed by atoms with Crippen LogP contribution in [0, 0.1) is 0 Å². The largest absolute Gasteiger partial charge is 0.486 e. The number of ether oxygens (including phenoxy) is 2. The maximum Gasteiger partial charge on any atom is 0.142 e. The van der Waals surface area contributed by atoms with Crippen molar-refractivity contribution in [2.45, 2.75) is 19.1 Å². The molecule has 1 aromatic heterocycles. The van der Waals surface area contributed by atoms with E-state index in [1.54, 1.807) is 6.07 Å². The number of aromatic nitrogens is 1. The summed E-state index contributed by atoms with van der Waals surface area (Å²) in [6.07, 6.45) is 1.08. The molecule has 1 fully saturated rings. The minimum absolute atomic E-state index is 0.140. The number of rotatable bonds is 4. The molecule has 5 nitrogen and oxygen atoms in total. The monoisotopic (exact) mass is 237 g/mol. The van der Waals surface area contributed by atoms with Crippen molar-refractivity contribution >= 4 is 5.82 Å². The SMILES string of the molecule is CN(C)Cc1nc(N)ccc1O[C@@H]1CCOC1. The molecule has 0 aliphatic carbocycles. The lowest BCUT2D eigenvalue weighted by atomic mass is 10.2. The third kappa shape index (κ3) is 3.31. The number of nitrogens with two attached hydrogens (primary N) is 1. The molecular weight excluding hydrogens is 218 g/mol. The molecule has 0 spiro atoms. The van der Waals surface area contributed by atoms with E-state index in [9.17, 15) is 0 Å². The molecule has 1 aromatic rings. The van der Waals surface area contributed by atoms with Crippen molar-refractivity contribution < 1.29 is 9.47 Å². The van der Waals surface area contributed by atoms with Gasteiger partial charge in [-0.15, -0.1) is 0 Å². The van der Waals surface area contributed by atoms with Crippen molar-refractivity contribution in [2.24, 2.45) is 0 Å². The Labute approximate surface area is 102 Å². The van der Waals surface area contributed by atoms with Crippen LogP contribution in [0.3, 0.4) is 0 Å². The number of hydrogen-bond donors (Lipinski definition) is 1. The molecule has 1 atom stereocenters. The molecule has 0 amide bonds. The van der Waals surface area contributed by atoms with Gasteiger partial charge in [0.1, 0.15) is 17.7 Å². The zero-order valence-electron chi connectivity index (χ0n) is 10.3. The lowest BCUT2D eigenvalue weighted by molar-refractivity contribution is 0.139. The van der Waals surface area contributed by atoms with Crippen LogP contribution in [0.25, 0.3) is 0 Å². The lowest BCUT2D eigenvalue weighted by Gasteiger charge is -2.17. The van der Waals surface area contributed by atoms with E-state index in [1.165, 1.54) is 0 Å². The van der Waals surface area contributed by atoms with Gasteiger partial charge in [-0.2, -0.15) is 0 Å². The smallest absolute Gasteiger partial charge is 0.142 e. The van der Waals surface area contributed by atoms with E-state index in [-0.39, 0.29) is 6.10 Å². The summed E-state index contributed by atoms with van der Waals surface area (Å²) in [4.78, 5) is 6.37. The first kappa shape index (κ1) is 12.1. The van der Waals surface area contributed by atoms with Gasteiger partial charge in [0.2, 0.25) is 0 Å². The van der Waals surface area contributed by atoms with E-state index < -0.39 is 0 Å². The molecule has 0 unspecified atom stereocenters. The first-order valence-electron chi connectivity index (χ1n) is 5.79. The Bertz CT molecular complexity index is 376. The van der Waals surface area contributed by atoms with Crippen molar-refractivity contribution in [2.75, 3.05) is 33.0 Å². The number of anilines is 1. The van der Waals surface area contributed by atoms with Gasteiger partial charge in [0.05, 0.1) is 18.9 Å². The standard InChI is InChI=1S/C12H19N3O2/c1-15(2)7-10-11(3-4-12(13)14-10)17-9-5-6-16-8-9/h3-4,9H,5-8H2,1-2H3,(H2,13,14)/t9-/m1/s1. The summed E-state index contributed by atoms with van der Waals surface area (Å²) in [6, 6.07) is 3.66. The minimum Gasteiger partial charge on any atom is -0.486 e. The zero-order chi connectivity index (χ0) is 12.3. The van der Waals surface area contributed by atoms with Gasteiger partial charge in [-0.3, -0.25) is 0 Å². The molecule has 17 heavy (non-hydrogen) atoms. The first-order valence-corrected chi connectivity index (χ1v) is 5.79. The fourth-order valence-electron chi connectivity index (χ4n) is 1.81. The van der Waals surface area contributed by atoms with Crippen LogP contribution in [0.2, 0.25) is 0 Å². The highest BCUT2D eigenvalue weighted by Gasteiger charge is 2.19. The Morgan fingerprint density at radius 2 is 2.35 bits per heavy atom. The van der Waals surface area contributed by atoms with Crippen LogP contribution in [0.5, 0.6) is 5.75 Å². The molecule has 5 heteroatoms. The molecule has 0 aromatic carbocycles. The van der Waals surface area contributed by atoms with Gasteiger partial charge in [-0.1, -0.05) is 0 Å². The van der Waals surface area contributed by atoms with Crippen LogP contribution in [-0.4, -0.2) is 43.3 Å². The van der Waals surface area contributed by atoms with Crippen LogP contribution < -0.4 is 10.5 Å². The molecule has 0 radical (unpaired) electrons. The van der Waals surface area contributed by atoms with Gasteiger partial charge in [-0.05, 0) is 26.2 Å². The fourth-order valence-corrected chi connectivity index (χ4v) is 1.81. The molecular formula is C12H19N3O2. The predicted octanol–water partition coefficient (Wildman–Crippen LogP) is 0.893. The van der Waals surface area contributed by atoms with Gasteiger partial charge in [0, 0.05) is 13.0 Å². The van der Waals surface area contributed by atoms with Crippen LogP contribution >= 0.6 is 0 Å². The van der Waals surface area contributed by atoms with Crippen molar-refractivity contribution in [3.05, 3.63) is 17.8 Å². The molecule has 2 rings (SSSR count). The van der Waals surface area contributed by atoms with Gasteiger partial charge >= 0.3 is 0 Å². The molecule has 1 saturated heterocycles. The normalized spacial score (nSPS) is 19.8. The van der Waals surface area contributed by atoms with Gasteiger partial charge < -0.3 is 20.1 Å². The molecule has 0 bridgehead atoms. The fraction of sp³-hybridized carbons (Fsp3) is 0.583. The minimum atomic E-state index is 0.140. The van der Waals surface area contributed by atoms with Crippen LogP contribution in [0.4, 0.5) is 5.82 Å². The van der Waals surface area contributed by atoms with E-state index in [0.29, 0.717) is 19.0 Å². The summed E-state index contributed by atoms with van der Waals surface area (Å²) in [6.45, 7) is 2.15. The zero-order valence-corrected chi connectivity index (χ0v) is 10.3. The van der Waals surface area contributed by atoms with Crippen LogP contribution in [-0.2, 0) is 11.3 Å². The number of nitrogen functional groups attached to an aromatic ring is 1. The van der Waals surface area contributed by atoms with E-state index >= 15 is 0 Å². The Hall–Kier alpha value is -1.33. The maximum atomic E-state index is 5.89. The third-order valence-corrected chi connectivity index (χ3v) is 2.60. The Kier molecular flexibility index (Phi) is 3.81. The summed E-state index contributed by atoms with van der Waals surface area (Å²) < 4.78 is 11.2. The summed E-state index contributed by atoms with van der Waals surface area (Å²) in [5.41, 5.74) is 6.58. The maximum absolute atomic E-state index is 5.89. The molecule has 2 N–H and O–H groups in total. The number of nitrogens with zero attached hydrogens (tertiary/aromatic N) is 2. The summed E-state index contributed by atoms with van der Waals surface area (Å²) >= 11 is 0. The lowest BCUT2D eigenvalue weighted by Crippen LogP contribution is -2.19. The number of pyridine rings is 1. The van der Waals surface area contributed by atoms with Crippen molar-refractivity contribution in [1.29, 1.82) is 0 Å². The van der Waals surface area contributed by atoms with E-state index in [2.05, 4.69) is 4.98 Å². The second-order valence-corrected chi connectivity index (χ2v) is 4.52. The van der Waals surface area contributed by atoms with Gasteiger partial charge in [0.15, 0.2) is 0 Å². The highest BCUT2D eigenvalue weighted by atomic mass is 16.5. The summed E-state index contributed by atoms with van der Waals surface area (Å²) in [5.74, 6) is 1.33. The summed E-state index contributed by atoms with van der Waals surface area (Å²) in [5, 5.41) is 0. The highest BCUT2D eigenvalue weighted by Crippen LogP contribution is 2.22. The summed E-state index contributed by atoms with van der Waals surface area (Å²) in [7, 11) is 3.99. The van der Waals surface area contributed by atoms with Crippen LogP contribution in [0.1, 0.15) is 12.1 Å². The average molecular weight is 237 g/mol. The van der Waals surface area contributed by atoms with Crippen molar-refractivity contribution in [3.63, 3.8) is 0 Å². The van der Waals surface area contributed by atoms with Crippen LogP contribution in [0.15, 0.2) is 12.1 Å². The predicted molar refractivity (Wildman–Crippen MR) is 65.9 cm³/mol. The molecule has 1 aliphatic heterocycles. The highest BCUT2D eigenvalue weighted by molar-refractivity contribution is 5.38. The second kappa shape index (κ2) is 5.33. The Morgan fingerprint density at radius 1 is 1.53 bits per heavy atom. The van der Waals surface area contributed by atoms with Crippen molar-refractivity contribution in [3.8, 4) is 5.75 Å². The number of hydrogen-bond acceptors (Lipinski definition) is 5. The van der Waals surface area contributed by atoms with E-state index in [4.69, 9.17) is 15.2 Å². The molecule has 0 saturated carbocycles. The molecule has 94 valence electrons. The average Bonchev–Trinajstić information content (AvgIpc) is 2.74. The van der Waals surface area contributed by atoms with Gasteiger partial charge in [-0.25, -0.2) is 4.98 Å². The third-order valence-electron chi connectivity index (χ3n) is 2.60. The second-order valence-electron chi connectivity index (χ2n) is 4.52. The topological polar surface area (TPSA) is 60.6 Å².